The van der Waals surface area contributed by atoms with Gasteiger partial charge in [0.2, 0.25) is 0 Å². The van der Waals surface area contributed by atoms with E-state index in [1.807, 2.05) is 43.4 Å². The first-order valence-electron chi connectivity index (χ1n) is 6.62. The Balaban J connectivity index is 1.97. The van der Waals surface area contributed by atoms with Gasteiger partial charge in [0.1, 0.15) is 0 Å². The Morgan fingerprint density at radius 3 is 2.86 bits per heavy atom. The molecular weight excluding hydrogens is 306 g/mol. The van der Waals surface area contributed by atoms with Gasteiger partial charge in [-0.3, -0.25) is 4.99 Å². The highest BCUT2D eigenvalue weighted by Crippen LogP contribution is 2.15. The molecule has 0 amide bonds. The molecule has 0 spiro atoms. The zero-order chi connectivity index (χ0) is 15.4. The lowest BCUT2D eigenvalue weighted by Crippen LogP contribution is -2.38. The van der Waals surface area contributed by atoms with E-state index in [-0.39, 0.29) is 0 Å². The van der Waals surface area contributed by atoms with E-state index >= 15 is 0 Å². The molecule has 1 N–H and O–H groups in total. The summed E-state index contributed by atoms with van der Waals surface area (Å²) < 4.78 is 2.03. The van der Waals surface area contributed by atoms with E-state index in [4.69, 9.17) is 11.6 Å². The van der Waals surface area contributed by atoms with Gasteiger partial charge < -0.3 is 14.8 Å². The predicted octanol–water partition coefficient (Wildman–Crippen LogP) is 2.65. The van der Waals surface area contributed by atoms with Crippen molar-refractivity contribution in [2.75, 3.05) is 14.1 Å². The third kappa shape index (κ3) is 3.98. The quantitative estimate of drug-likeness (QED) is 0.694. The van der Waals surface area contributed by atoms with Gasteiger partial charge in [-0.05, 0) is 13.0 Å². The number of nitrogens with zero attached hydrogens (tertiary/aromatic N) is 4. The predicted molar refractivity (Wildman–Crippen MR) is 88.9 cm³/mol. The third-order valence-electron chi connectivity index (χ3n) is 3.30. The maximum Gasteiger partial charge on any atom is 0.194 e. The topological polar surface area (TPSA) is 45.5 Å². The van der Waals surface area contributed by atoms with Crippen LogP contribution in [0.3, 0.4) is 0 Å². The van der Waals surface area contributed by atoms with Crippen LogP contribution in [0, 0.1) is 6.92 Å². The van der Waals surface area contributed by atoms with Gasteiger partial charge >= 0.3 is 0 Å². The first-order chi connectivity index (χ1) is 10.0. The van der Waals surface area contributed by atoms with E-state index in [0.29, 0.717) is 0 Å². The van der Waals surface area contributed by atoms with E-state index in [9.17, 15) is 0 Å². The molecule has 0 aliphatic rings. The lowest BCUT2D eigenvalue weighted by atomic mass is 10.4. The fourth-order valence-electron chi connectivity index (χ4n) is 2.08. The largest absolute Gasteiger partial charge is 0.351 e. The second kappa shape index (κ2) is 6.95. The average Bonchev–Trinajstić information content (AvgIpc) is 2.97. The van der Waals surface area contributed by atoms with Crippen molar-refractivity contribution in [1.29, 1.82) is 0 Å². The van der Waals surface area contributed by atoms with Gasteiger partial charge in [-0.15, -0.1) is 11.3 Å². The molecular formula is C14H20ClN5S. The second-order valence-corrected chi connectivity index (χ2v) is 6.25. The Morgan fingerprint density at radius 2 is 2.33 bits per heavy atom. The van der Waals surface area contributed by atoms with Crippen molar-refractivity contribution in [3.8, 4) is 0 Å². The number of rotatable bonds is 4. The first kappa shape index (κ1) is 15.9. The lowest BCUT2D eigenvalue weighted by Gasteiger charge is -2.22. The molecule has 0 aromatic carbocycles. The number of aromatic nitrogens is 2. The second-order valence-electron chi connectivity index (χ2n) is 4.88. The van der Waals surface area contributed by atoms with Crippen LogP contribution in [0.1, 0.15) is 16.3 Å². The van der Waals surface area contributed by atoms with Gasteiger partial charge in [-0.1, -0.05) is 11.6 Å². The first-order valence-corrected chi connectivity index (χ1v) is 7.88. The number of aliphatic imine (C=N–C) groups is 1. The Hall–Kier alpha value is -1.53. The van der Waals surface area contributed by atoms with E-state index in [1.54, 1.807) is 18.4 Å². The van der Waals surface area contributed by atoms with Crippen molar-refractivity contribution in [2.24, 2.45) is 12.0 Å². The van der Waals surface area contributed by atoms with E-state index in [1.165, 1.54) is 4.88 Å². The van der Waals surface area contributed by atoms with E-state index in [2.05, 4.69) is 20.2 Å². The number of halogens is 1. The number of nitrogens with one attached hydrogen (secondary N) is 1. The van der Waals surface area contributed by atoms with Crippen LogP contribution in [0.5, 0.6) is 0 Å². The molecule has 0 bridgehead atoms. The summed E-state index contributed by atoms with van der Waals surface area (Å²) in [6.07, 6.45) is 1.90. The fraction of sp³-hybridized carbons (Fsp3) is 0.429. The number of thiazole rings is 1. The van der Waals surface area contributed by atoms with Crippen molar-refractivity contribution in [2.45, 2.75) is 20.0 Å². The molecule has 2 rings (SSSR count). The smallest absolute Gasteiger partial charge is 0.194 e. The third-order valence-corrected chi connectivity index (χ3v) is 4.44. The van der Waals surface area contributed by atoms with Crippen molar-refractivity contribution >= 4 is 28.9 Å². The van der Waals surface area contributed by atoms with Crippen LogP contribution in [0.4, 0.5) is 0 Å². The minimum Gasteiger partial charge on any atom is -0.351 e. The van der Waals surface area contributed by atoms with Crippen LogP contribution in [0.2, 0.25) is 5.02 Å². The average molecular weight is 326 g/mol. The number of hydrogen-bond donors (Lipinski definition) is 1. The molecule has 0 aliphatic carbocycles. The summed E-state index contributed by atoms with van der Waals surface area (Å²) in [6, 6.07) is 1.97. The van der Waals surface area contributed by atoms with Crippen LogP contribution >= 0.6 is 22.9 Å². The summed E-state index contributed by atoms with van der Waals surface area (Å²) in [4.78, 5) is 11.9. The van der Waals surface area contributed by atoms with Crippen molar-refractivity contribution in [3.63, 3.8) is 0 Å². The van der Waals surface area contributed by atoms with Crippen LogP contribution in [-0.2, 0) is 20.1 Å². The summed E-state index contributed by atoms with van der Waals surface area (Å²) >= 11 is 7.67. The van der Waals surface area contributed by atoms with Gasteiger partial charge in [-0.25, -0.2) is 4.98 Å². The molecule has 21 heavy (non-hydrogen) atoms. The summed E-state index contributed by atoms with van der Waals surface area (Å²) in [7, 11) is 5.79. The number of aryl methyl sites for hydroxylation is 2. The molecule has 114 valence electrons. The number of guanidine groups is 1. The normalized spacial score (nSPS) is 11.8. The molecule has 0 saturated carbocycles. The highest BCUT2D eigenvalue weighted by molar-refractivity contribution is 7.09. The minimum atomic E-state index is 0.738. The zero-order valence-corrected chi connectivity index (χ0v) is 14.3. The molecule has 5 nitrogen and oxygen atoms in total. The highest BCUT2D eigenvalue weighted by Gasteiger charge is 2.10. The van der Waals surface area contributed by atoms with E-state index in [0.717, 1.165) is 35.5 Å². The molecule has 7 heteroatoms. The summed E-state index contributed by atoms with van der Waals surface area (Å²) in [5.41, 5.74) is 4.07. The minimum absolute atomic E-state index is 0.738. The van der Waals surface area contributed by atoms with E-state index < -0.39 is 0 Å². The fourth-order valence-corrected chi connectivity index (χ4v) is 3.07. The molecule has 0 atom stereocenters. The highest BCUT2D eigenvalue weighted by atomic mass is 35.5. The standard InChI is InChI=1S/C14H20ClN5S/c1-10-13(21-9-18-10)6-17-14(16-2)20(4)8-12-5-11(15)7-19(12)3/h5,7,9H,6,8H2,1-4H3,(H,16,17). The van der Waals surface area contributed by atoms with Crippen LogP contribution < -0.4 is 5.32 Å². The van der Waals surface area contributed by atoms with Crippen LogP contribution in [0.15, 0.2) is 22.8 Å². The Morgan fingerprint density at radius 1 is 1.57 bits per heavy atom. The molecule has 2 aromatic heterocycles. The Bertz CT molecular complexity index is 631. The maximum absolute atomic E-state index is 6.02. The summed E-state index contributed by atoms with van der Waals surface area (Å²) in [6.45, 7) is 3.50. The van der Waals surface area contributed by atoms with Crippen LogP contribution in [0.25, 0.3) is 0 Å². The van der Waals surface area contributed by atoms with Gasteiger partial charge in [0.25, 0.3) is 0 Å². The monoisotopic (exact) mass is 325 g/mol. The summed E-state index contributed by atoms with van der Waals surface area (Å²) in [5.74, 6) is 0.847. The zero-order valence-electron chi connectivity index (χ0n) is 12.7. The molecule has 2 aromatic rings. The van der Waals surface area contributed by atoms with Gasteiger partial charge in [-0.2, -0.15) is 0 Å². The molecule has 0 aliphatic heterocycles. The summed E-state index contributed by atoms with van der Waals surface area (Å²) in [5, 5.41) is 4.12. The van der Waals surface area contributed by atoms with Gasteiger partial charge in [0, 0.05) is 37.9 Å². The lowest BCUT2D eigenvalue weighted by molar-refractivity contribution is 0.462. The Kier molecular flexibility index (Phi) is 5.25. The van der Waals surface area contributed by atoms with Crippen molar-refractivity contribution < 1.29 is 0 Å². The molecule has 2 heterocycles. The van der Waals surface area contributed by atoms with Crippen molar-refractivity contribution in [1.82, 2.24) is 19.8 Å². The molecule has 0 unspecified atom stereocenters. The molecule has 0 radical (unpaired) electrons. The number of hydrogen-bond acceptors (Lipinski definition) is 3. The SMILES string of the molecule is CN=C(NCc1scnc1C)N(C)Cc1cc(Cl)cn1C. The van der Waals surface area contributed by atoms with Gasteiger partial charge in [0.15, 0.2) is 5.96 Å². The van der Waals surface area contributed by atoms with Gasteiger partial charge in [0.05, 0.1) is 29.3 Å². The molecule has 0 saturated heterocycles. The molecule has 0 fully saturated rings. The maximum atomic E-state index is 6.02. The Labute approximate surface area is 134 Å². The van der Waals surface area contributed by atoms with Crippen LogP contribution in [-0.4, -0.2) is 34.5 Å². The van der Waals surface area contributed by atoms with Crippen molar-refractivity contribution in [3.05, 3.63) is 39.1 Å².